The number of rotatable bonds is 2. The molecule has 1 heterocycles. The second kappa shape index (κ2) is 7.80. The standard InChI is InChI=1S/C18H23F2N3O2/c19-13-6-7-15(16(20)12-13)17(24)22-8-10-23(11-9-22)18(25)21-14-4-2-1-3-5-14/h6-7,12,14H,1-5,8-11H2,(H,21,25). The van der Waals surface area contributed by atoms with Gasteiger partial charge in [0.1, 0.15) is 11.6 Å². The number of urea groups is 1. The molecule has 3 amide bonds. The zero-order valence-corrected chi connectivity index (χ0v) is 14.1. The third kappa shape index (κ3) is 4.27. The summed E-state index contributed by atoms with van der Waals surface area (Å²) in [6.45, 7) is 1.50. The van der Waals surface area contributed by atoms with Crippen molar-refractivity contribution in [2.75, 3.05) is 26.2 Å². The maximum Gasteiger partial charge on any atom is 0.317 e. The lowest BCUT2D eigenvalue weighted by molar-refractivity contribution is 0.0658. The summed E-state index contributed by atoms with van der Waals surface area (Å²) in [5, 5.41) is 3.06. The lowest BCUT2D eigenvalue weighted by Gasteiger charge is -2.36. The molecule has 0 unspecified atom stereocenters. The molecular formula is C18H23F2N3O2. The van der Waals surface area contributed by atoms with E-state index in [2.05, 4.69) is 5.32 Å². The zero-order valence-electron chi connectivity index (χ0n) is 14.1. The van der Waals surface area contributed by atoms with Crippen LogP contribution < -0.4 is 5.32 Å². The summed E-state index contributed by atoms with van der Waals surface area (Å²) in [6.07, 6.45) is 5.57. The van der Waals surface area contributed by atoms with Gasteiger partial charge in [-0.3, -0.25) is 4.79 Å². The van der Waals surface area contributed by atoms with Crippen molar-refractivity contribution >= 4 is 11.9 Å². The molecule has 1 saturated heterocycles. The molecule has 25 heavy (non-hydrogen) atoms. The van der Waals surface area contributed by atoms with Crippen LogP contribution in [0.4, 0.5) is 13.6 Å². The first kappa shape index (κ1) is 17.6. The molecule has 5 nitrogen and oxygen atoms in total. The SMILES string of the molecule is O=C(NC1CCCCC1)N1CCN(C(=O)c2ccc(F)cc2F)CC1. The number of carbonyl (C=O) groups excluding carboxylic acids is 2. The van der Waals surface area contributed by atoms with Crippen LogP contribution >= 0.6 is 0 Å². The number of hydrogen-bond acceptors (Lipinski definition) is 2. The monoisotopic (exact) mass is 351 g/mol. The first-order valence-electron chi connectivity index (χ1n) is 8.84. The summed E-state index contributed by atoms with van der Waals surface area (Å²) in [7, 11) is 0. The molecule has 0 spiro atoms. The van der Waals surface area contributed by atoms with Gasteiger partial charge in [-0.05, 0) is 25.0 Å². The molecule has 1 N–H and O–H groups in total. The van der Waals surface area contributed by atoms with Crippen molar-refractivity contribution in [2.45, 2.75) is 38.1 Å². The van der Waals surface area contributed by atoms with E-state index in [1.54, 1.807) is 4.90 Å². The summed E-state index contributed by atoms with van der Waals surface area (Å²) in [4.78, 5) is 27.9. The van der Waals surface area contributed by atoms with Crippen LogP contribution in [0.25, 0.3) is 0 Å². The van der Waals surface area contributed by atoms with E-state index >= 15 is 0 Å². The Morgan fingerprint density at radius 3 is 2.24 bits per heavy atom. The molecule has 1 aliphatic carbocycles. The Labute approximate surface area is 146 Å². The minimum atomic E-state index is -0.859. The minimum Gasteiger partial charge on any atom is -0.335 e. The van der Waals surface area contributed by atoms with Gasteiger partial charge in [0.25, 0.3) is 5.91 Å². The van der Waals surface area contributed by atoms with Gasteiger partial charge in [-0.2, -0.15) is 0 Å². The molecule has 1 saturated carbocycles. The highest BCUT2D eigenvalue weighted by atomic mass is 19.1. The van der Waals surface area contributed by atoms with E-state index in [4.69, 9.17) is 0 Å². The average Bonchev–Trinajstić information content (AvgIpc) is 2.62. The van der Waals surface area contributed by atoms with Crippen molar-refractivity contribution in [1.82, 2.24) is 15.1 Å². The lowest BCUT2D eigenvalue weighted by atomic mass is 9.96. The average molecular weight is 351 g/mol. The van der Waals surface area contributed by atoms with Gasteiger partial charge in [-0.25, -0.2) is 13.6 Å². The predicted octanol–water partition coefficient (Wildman–Crippen LogP) is 2.76. The fourth-order valence-electron chi connectivity index (χ4n) is 3.46. The lowest BCUT2D eigenvalue weighted by Crippen LogP contribution is -2.54. The predicted molar refractivity (Wildman–Crippen MR) is 89.2 cm³/mol. The van der Waals surface area contributed by atoms with Crippen LogP contribution in [0.15, 0.2) is 18.2 Å². The zero-order chi connectivity index (χ0) is 17.8. The van der Waals surface area contributed by atoms with E-state index in [-0.39, 0.29) is 17.6 Å². The number of amides is 3. The van der Waals surface area contributed by atoms with Gasteiger partial charge >= 0.3 is 6.03 Å². The maximum absolute atomic E-state index is 13.8. The first-order chi connectivity index (χ1) is 12.0. The Morgan fingerprint density at radius 1 is 0.960 bits per heavy atom. The Morgan fingerprint density at radius 2 is 1.60 bits per heavy atom. The Hall–Kier alpha value is -2.18. The minimum absolute atomic E-state index is 0.0908. The van der Waals surface area contributed by atoms with E-state index in [0.717, 1.165) is 37.8 Å². The smallest absolute Gasteiger partial charge is 0.317 e. The van der Waals surface area contributed by atoms with Crippen molar-refractivity contribution in [3.05, 3.63) is 35.4 Å². The Kier molecular flexibility index (Phi) is 5.50. The fraction of sp³-hybridized carbons (Fsp3) is 0.556. The molecule has 0 aromatic heterocycles. The number of nitrogens with one attached hydrogen (secondary N) is 1. The molecule has 2 aliphatic rings. The largest absolute Gasteiger partial charge is 0.335 e. The summed E-state index contributed by atoms with van der Waals surface area (Å²) in [5.74, 6) is -2.04. The van der Waals surface area contributed by atoms with Gasteiger partial charge < -0.3 is 15.1 Å². The number of benzene rings is 1. The van der Waals surface area contributed by atoms with Gasteiger partial charge in [-0.15, -0.1) is 0 Å². The van der Waals surface area contributed by atoms with E-state index < -0.39 is 17.5 Å². The van der Waals surface area contributed by atoms with Crippen LogP contribution in [0, 0.1) is 11.6 Å². The van der Waals surface area contributed by atoms with Gasteiger partial charge in [0.15, 0.2) is 0 Å². The molecular weight excluding hydrogens is 328 g/mol. The van der Waals surface area contributed by atoms with Crippen molar-refractivity contribution in [3.8, 4) is 0 Å². The number of nitrogens with zero attached hydrogens (tertiary/aromatic N) is 2. The highest BCUT2D eigenvalue weighted by Gasteiger charge is 2.27. The molecule has 3 rings (SSSR count). The first-order valence-corrected chi connectivity index (χ1v) is 8.84. The van der Waals surface area contributed by atoms with Gasteiger partial charge in [0.2, 0.25) is 0 Å². The van der Waals surface area contributed by atoms with E-state index in [0.29, 0.717) is 32.2 Å². The van der Waals surface area contributed by atoms with Crippen LogP contribution in [0.3, 0.4) is 0 Å². The second-order valence-electron chi connectivity index (χ2n) is 6.69. The van der Waals surface area contributed by atoms with Crippen molar-refractivity contribution in [1.29, 1.82) is 0 Å². The molecule has 0 atom stereocenters. The topological polar surface area (TPSA) is 52.7 Å². The molecule has 1 aromatic carbocycles. The van der Waals surface area contributed by atoms with Crippen LogP contribution in [-0.2, 0) is 0 Å². The summed E-state index contributed by atoms with van der Waals surface area (Å²) in [6, 6.07) is 3.10. The number of piperazine rings is 1. The van der Waals surface area contributed by atoms with E-state index in [1.165, 1.54) is 11.3 Å². The fourth-order valence-corrected chi connectivity index (χ4v) is 3.46. The van der Waals surface area contributed by atoms with Gasteiger partial charge in [0.05, 0.1) is 5.56 Å². The van der Waals surface area contributed by atoms with E-state index in [9.17, 15) is 18.4 Å². The maximum atomic E-state index is 13.8. The molecule has 0 radical (unpaired) electrons. The molecule has 7 heteroatoms. The molecule has 0 bridgehead atoms. The third-order valence-electron chi connectivity index (χ3n) is 4.95. The van der Waals surface area contributed by atoms with Crippen LogP contribution in [0.2, 0.25) is 0 Å². The van der Waals surface area contributed by atoms with Crippen LogP contribution in [-0.4, -0.2) is 54.0 Å². The summed E-state index contributed by atoms with van der Waals surface area (Å²) in [5.41, 5.74) is -0.137. The van der Waals surface area contributed by atoms with Crippen LogP contribution in [0.1, 0.15) is 42.5 Å². The summed E-state index contributed by atoms with van der Waals surface area (Å²) >= 11 is 0. The van der Waals surface area contributed by atoms with E-state index in [1.807, 2.05) is 0 Å². The quantitative estimate of drug-likeness (QED) is 0.891. The number of carbonyl (C=O) groups is 2. The molecule has 1 aromatic rings. The highest BCUT2D eigenvalue weighted by Crippen LogP contribution is 2.18. The van der Waals surface area contributed by atoms with Crippen molar-refractivity contribution < 1.29 is 18.4 Å². The second-order valence-corrected chi connectivity index (χ2v) is 6.69. The van der Waals surface area contributed by atoms with Crippen molar-refractivity contribution in [2.24, 2.45) is 0 Å². The van der Waals surface area contributed by atoms with Gasteiger partial charge in [-0.1, -0.05) is 19.3 Å². The normalized spacial score (nSPS) is 19.0. The Bertz CT molecular complexity index is 639. The highest BCUT2D eigenvalue weighted by molar-refractivity contribution is 5.94. The number of halogens is 2. The van der Waals surface area contributed by atoms with Crippen LogP contribution in [0.5, 0.6) is 0 Å². The summed E-state index contributed by atoms with van der Waals surface area (Å²) < 4.78 is 26.7. The number of hydrogen-bond donors (Lipinski definition) is 1. The third-order valence-corrected chi connectivity index (χ3v) is 4.95. The van der Waals surface area contributed by atoms with Crippen molar-refractivity contribution in [3.63, 3.8) is 0 Å². The Balaban J connectivity index is 1.52. The molecule has 136 valence electrons. The molecule has 1 aliphatic heterocycles. The van der Waals surface area contributed by atoms with Gasteiger partial charge in [0, 0.05) is 38.3 Å². The molecule has 2 fully saturated rings.